The fourth-order valence-corrected chi connectivity index (χ4v) is 6.15. The van der Waals surface area contributed by atoms with Crippen LogP contribution >= 0.6 is 0 Å². The van der Waals surface area contributed by atoms with E-state index in [4.69, 9.17) is 14.0 Å². The minimum atomic E-state index is -0.933. The van der Waals surface area contributed by atoms with Gasteiger partial charge in [0.05, 0.1) is 6.04 Å². The third-order valence-electron chi connectivity index (χ3n) is 8.65. The van der Waals surface area contributed by atoms with Gasteiger partial charge in [0.15, 0.2) is 0 Å². The first-order valence-electron chi connectivity index (χ1n) is 15.9. The van der Waals surface area contributed by atoms with E-state index in [2.05, 4.69) is 25.4 Å². The number of amides is 1. The van der Waals surface area contributed by atoms with Gasteiger partial charge in [0, 0.05) is 63.2 Å². The van der Waals surface area contributed by atoms with E-state index in [1.54, 1.807) is 45.2 Å². The van der Waals surface area contributed by atoms with Crippen LogP contribution in [0, 0.1) is 11.6 Å². The lowest BCUT2D eigenvalue weighted by atomic mass is 9.94. The number of hydrogen-bond donors (Lipinski definition) is 2. The second-order valence-electron chi connectivity index (χ2n) is 13.0. The summed E-state index contributed by atoms with van der Waals surface area (Å²) < 4.78 is 45.2. The van der Waals surface area contributed by atoms with Gasteiger partial charge in [-0.15, -0.1) is 0 Å². The van der Waals surface area contributed by atoms with Gasteiger partial charge in [-0.3, -0.25) is 4.90 Å². The first-order chi connectivity index (χ1) is 22.4. The Kier molecular flexibility index (Phi) is 10.6. The Morgan fingerprint density at radius 2 is 1.87 bits per heavy atom. The molecule has 2 fully saturated rings. The van der Waals surface area contributed by atoms with Crippen molar-refractivity contribution in [2.45, 2.75) is 83.4 Å². The van der Waals surface area contributed by atoms with Gasteiger partial charge in [0.25, 0.3) is 0 Å². The van der Waals surface area contributed by atoms with Crippen LogP contribution in [0.2, 0.25) is 0 Å². The Bertz CT molecular complexity index is 1500. The van der Waals surface area contributed by atoms with Crippen molar-refractivity contribution in [3.63, 3.8) is 0 Å². The SMILES string of the molecule is CCN(C1CCN(c2nc(C(C)OC)no2)CC1)C(O)c1cnc(N2CC(NC(=O)OC(C)(C)C)C(c3cc(F)ccc3F)C2)nc1. The van der Waals surface area contributed by atoms with Crippen LogP contribution in [-0.4, -0.2) is 93.7 Å². The van der Waals surface area contributed by atoms with Gasteiger partial charge >= 0.3 is 12.1 Å². The quantitative estimate of drug-likeness (QED) is 0.300. The fraction of sp³-hybridized carbons (Fsp3) is 0.594. The summed E-state index contributed by atoms with van der Waals surface area (Å²) in [4.78, 5) is 32.0. The molecule has 0 aliphatic carbocycles. The number of nitrogens with zero attached hydrogens (tertiary/aromatic N) is 7. The summed E-state index contributed by atoms with van der Waals surface area (Å²) in [6.45, 7) is 11.6. The first kappa shape index (κ1) is 34.4. The molecule has 5 rings (SSSR count). The predicted molar refractivity (Wildman–Crippen MR) is 169 cm³/mol. The lowest BCUT2D eigenvalue weighted by Gasteiger charge is -2.39. The third kappa shape index (κ3) is 8.14. The Labute approximate surface area is 273 Å². The minimum Gasteiger partial charge on any atom is -0.444 e. The molecule has 0 radical (unpaired) electrons. The maximum absolute atomic E-state index is 14.9. The number of ether oxygens (including phenoxy) is 2. The molecule has 4 atom stereocenters. The fourth-order valence-electron chi connectivity index (χ4n) is 6.15. The highest BCUT2D eigenvalue weighted by Gasteiger charge is 2.39. The van der Waals surface area contributed by atoms with Crippen molar-refractivity contribution >= 4 is 18.1 Å². The second-order valence-corrected chi connectivity index (χ2v) is 13.0. The number of methoxy groups -OCH3 is 1. The summed E-state index contributed by atoms with van der Waals surface area (Å²) in [5.74, 6) is -0.886. The lowest BCUT2D eigenvalue weighted by Crippen LogP contribution is -2.46. The molecule has 4 heterocycles. The van der Waals surface area contributed by atoms with E-state index in [0.29, 0.717) is 43.0 Å². The highest BCUT2D eigenvalue weighted by molar-refractivity contribution is 5.68. The molecular weight excluding hydrogens is 614 g/mol. The Morgan fingerprint density at radius 3 is 2.51 bits per heavy atom. The van der Waals surface area contributed by atoms with Crippen molar-refractivity contribution in [1.29, 1.82) is 0 Å². The zero-order valence-electron chi connectivity index (χ0n) is 27.7. The number of aliphatic hydroxyl groups is 1. The van der Waals surface area contributed by atoms with E-state index in [1.165, 1.54) is 0 Å². The number of carbonyl (C=O) groups excluding carboxylic acids is 1. The van der Waals surface area contributed by atoms with E-state index in [9.17, 15) is 18.7 Å². The molecule has 2 aromatic heterocycles. The van der Waals surface area contributed by atoms with Crippen molar-refractivity contribution in [3.05, 3.63) is 59.2 Å². The van der Waals surface area contributed by atoms with Crippen molar-refractivity contribution < 1.29 is 32.7 Å². The average Bonchev–Trinajstić information content (AvgIpc) is 3.70. The standard InChI is InChI=1S/C32H44F2N8O5/c1-7-42(22-10-12-40(13-11-22)30-38-27(39-47-30)19(2)45-6)28(43)20-15-35-29(36-16-20)41-17-24(23-14-21(33)8-9-25(23)34)26(18-41)37-31(44)46-32(3,4)5/h8-9,14-16,19,22,24,26,28,43H,7,10-13,17-18H2,1-6H3,(H,37,44). The normalized spacial score (nSPS) is 20.5. The summed E-state index contributed by atoms with van der Waals surface area (Å²) in [5, 5.41) is 18.2. The molecule has 1 amide bonds. The van der Waals surface area contributed by atoms with Crippen LogP contribution in [0.4, 0.5) is 25.5 Å². The van der Waals surface area contributed by atoms with Crippen LogP contribution in [-0.2, 0) is 9.47 Å². The number of rotatable bonds is 10. The van der Waals surface area contributed by atoms with Crippen molar-refractivity contribution in [1.82, 2.24) is 30.3 Å². The molecule has 4 unspecified atom stereocenters. The number of piperidine rings is 1. The summed E-state index contributed by atoms with van der Waals surface area (Å²) in [6.07, 6.45) is 2.86. The van der Waals surface area contributed by atoms with Crippen molar-refractivity contribution in [3.8, 4) is 0 Å². The molecular formula is C32H44F2N8O5. The molecule has 2 saturated heterocycles. The highest BCUT2D eigenvalue weighted by atomic mass is 19.1. The van der Waals surface area contributed by atoms with Gasteiger partial charge in [0.1, 0.15) is 29.6 Å². The van der Waals surface area contributed by atoms with Gasteiger partial charge < -0.3 is 34.2 Å². The van der Waals surface area contributed by atoms with Gasteiger partial charge in [0.2, 0.25) is 11.8 Å². The number of aliphatic hydroxyl groups excluding tert-OH is 1. The highest BCUT2D eigenvalue weighted by Crippen LogP contribution is 2.33. The van der Waals surface area contributed by atoms with E-state index in [1.807, 2.05) is 23.6 Å². The molecule has 256 valence electrons. The zero-order chi connectivity index (χ0) is 33.9. The molecule has 2 aliphatic rings. The molecule has 3 aromatic rings. The number of halogens is 2. The maximum Gasteiger partial charge on any atom is 0.407 e. The second kappa shape index (κ2) is 14.4. The van der Waals surface area contributed by atoms with Crippen LogP contribution in [0.15, 0.2) is 35.1 Å². The molecule has 0 spiro atoms. The van der Waals surface area contributed by atoms with Crippen molar-refractivity contribution in [2.75, 3.05) is 49.6 Å². The third-order valence-corrected chi connectivity index (χ3v) is 8.65. The maximum atomic E-state index is 14.9. The van der Waals surface area contributed by atoms with Crippen LogP contribution in [0.5, 0.6) is 0 Å². The monoisotopic (exact) mass is 658 g/mol. The van der Waals surface area contributed by atoms with Crippen LogP contribution in [0.25, 0.3) is 0 Å². The van der Waals surface area contributed by atoms with Gasteiger partial charge in [-0.1, -0.05) is 12.1 Å². The Hall–Kier alpha value is -3.95. The first-order valence-corrected chi connectivity index (χ1v) is 15.9. The Balaban J connectivity index is 1.25. The predicted octanol–water partition coefficient (Wildman–Crippen LogP) is 4.32. The largest absolute Gasteiger partial charge is 0.444 e. The molecule has 2 aliphatic heterocycles. The number of aromatic nitrogens is 4. The van der Waals surface area contributed by atoms with Crippen LogP contribution in [0.1, 0.15) is 82.7 Å². The zero-order valence-corrected chi connectivity index (χ0v) is 27.7. The number of anilines is 2. The summed E-state index contributed by atoms with van der Waals surface area (Å²) in [6, 6.07) is 3.26. The van der Waals surface area contributed by atoms with Gasteiger partial charge in [-0.2, -0.15) is 4.98 Å². The van der Waals surface area contributed by atoms with Gasteiger partial charge in [-0.05, 0) is 70.8 Å². The number of hydrogen-bond acceptors (Lipinski definition) is 12. The number of carbonyl (C=O) groups is 1. The lowest BCUT2D eigenvalue weighted by molar-refractivity contribution is -0.0308. The molecule has 2 N–H and O–H groups in total. The van der Waals surface area contributed by atoms with Gasteiger partial charge in [-0.25, -0.2) is 23.5 Å². The molecule has 0 bridgehead atoms. The number of nitrogens with one attached hydrogen (secondary N) is 1. The van der Waals surface area contributed by atoms with Crippen molar-refractivity contribution in [2.24, 2.45) is 0 Å². The Morgan fingerprint density at radius 1 is 1.17 bits per heavy atom. The topological polar surface area (TPSA) is 142 Å². The minimum absolute atomic E-state index is 0.103. The van der Waals surface area contributed by atoms with E-state index >= 15 is 0 Å². The van der Waals surface area contributed by atoms with E-state index < -0.39 is 41.5 Å². The van der Waals surface area contributed by atoms with Crippen LogP contribution in [0.3, 0.4) is 0 Å². The van der Waals surface area contributed by atoms with E-state index in [0.717, 1.165) is 31.0 Å². The molecule has 1 aromatic carbocycles. The summed E-state index contributed by atoms with van der Waals surface area (Å²) in [5.41, 5.74) is -0.0514. The number of benzene rings is 1. The summed E-state index contributed by atoms with van der Waals surface area (Å²) in [7, 11) is 1.59. The molecule has 0 saturated carbocycles. The average molecular weight is 659 g/mol. The van der Waals surface area contributed by atoms with E-state index in [-0.39, 0.29) is 30.8 Å². The molecule has 47 heavy (non-hydrogen) atoms. The molecule has 15 heteroatoms. The van der Waals surface area contributed by atoms with Crippen LogP contribution < -0.4 is 15.1 Å². The molecule has 13 nitrogen and oxygen atoms in total. The smallest absolute Gasteiger partial charge is 0.407 e. The summed E-state index contributed by atoms with van der Waals surface area (Å²) >= 11 is 0. The number of alkyl carbamates (subject to hydrolysis) is 1.